The first-order valence-electron chi connectivity index (χ1n) is 4.69. The SMILES string of the molecule is Cc1ccc2c(O)cc(C(=O)O)c(O)c2c1. The van der Waals surface area contributed by atoms with Crippen LogP contribution in [0, 0.1) is 6.92 Å². The van der Waals surface area contributed by atoms with Gasteiger partial charge in [0.25, 0.3) is 0 Å². The fourth-order valence-electron chi connectivity index (χ4n) is 1.67. The van der Waals surface area contributed by atoms with Gasteiger partial charge in [0.2, 0.25) is 0 Å². The Balaban J connectivity index is 2.91. The van der Waals surface area contributed by atoms with E-state index in [2.05, 4.69) is 0 Å². The topological polar surface area (TPSA) is 77.8 Å². The van der Waals surface area contributed by atoms with E-state index < -0.39 is 5.97 Å². The minimum Gasteiger partial charge on any atom is -0.507 e. The molecule has 2 aromatic rings. The Labute approximate surface area is 91.4 Å². The van der Waals surface area contributed by atoms with E-state index in [0.717, 1.165) is 11.6 Å². The van der Waals surface area contributed by atoms with E-state index in [-0.39, 0.29) is 17.1 Å². The molecule has 0 saturated heterocycles. The smallest absolute Gasteiger partial charge is 0.339 e. The van der Waals surface area contributed by atoms with Crippen molar-refractivity contribution >= 4 is 16.7 Å². The Morgan fingerprint density at radius 3 is 2.44 bits per heavy atom. The number of benzene rings is 2. The van der Waals surface area contributed by atoms with Crippen molar-refractivity contribution in [1.82, 2.24) is 0 Å². The maximum absolute atomic E-state index is 10.8. The molecular formula is C12H10O4. The van der Waals surface area contributed by atoms with Crippen LogP contribution >= 0.6 is 0 Å². The molecule has 4 heteroatoms. The molecule has 0 fully saturated rings. The highest BCUT2D eigenvalue weighted by molar-refractivity contribution is 6.03. The number of fused-ring (bicyclic) bond motifs is 1. The summed E-state index contributed by atoms with van der Waals surface area (Å²) in [4.78, 5) is 10.8. The second-order valence-electron chi connectivity index (χ2n) is 3.65. The fourth-order valence-corrected chi connectivity index (χ4v) is 1.67. The van der Waals surface area contributed by atoms with Crippen LogP contribution in [-0.2, 0) is 0 Å². The Hall–Kier alpha value is -2.23. The first-order chi connectivity index (χ1) is 7.50. The van der Waals surface area contributed by atoms with Gasteiger partial charge in [-0.2, -0.15) is 0 Å². The first kappa shape index (κ1) is 10.3. The molecule has 16 heavy (non-hydrogen) atoms. The van der Waals surface area contributed by atoms with E-state index in [1.807, 2.05) is 6.92 Å². The number of hydrogen-bond donors (Lipinski definition) is 3. The molecule has 2 aromatic carbocycles. The van der Waals surface area contributed by atoms with Crippen molar-refractivity contribution < 1.29 is 20.1 Å². The summed E-state index contributed by atoms with van der Waals surface area (Å²) in [5, 5.41) is 29.0. The predicted octanol–water partition coefficient (Wildman–Crippen LogP) is 2.26. The molecule has 4 nitrogen and oxygen atoms in total. The minimum atomic E-state index is -1.27. The number of phenolic OH excluding ortho intramolecular Hbond substituents is 1. The molecule has 0 radical (unpaired) electrons. The van der Waals surface area contributed by atoms with Crippen molar-refractivity contribution in [1.29, 1.82) is 0 Å². The first-order valence-corrected chi connectivity index (χ1v) is 4.69. The van der Waals surface area contributed by atoms with Crippen molar-refractivity contribution in [3.63, 3.8) is 0 Å². The molecule has 0 aliphatic heterocycles. The summed E-state index contributed by atoms with van der Waals surface area (Å²) in [5.41, 5.74) is 0.584. The van der Waals surface area contributed by atoms with Gasteiger partial charge in [-0.25, -0.2) is 4.79 Å². The lowest BCUT2D eigenvalue weighted by Gasteiger charge is -2.07. The third kappa shape index (κ3) is 1.44. The lowest BCUT2D eigenvalue weighted by atomic mass is 10.0. The van der Waals surface area contributed by atoms with Gasteiger partial charge in [-0.1, -0.05) is 17.7 Å². The number of aryl methyl sites for hydroxylation is 1. The van der Waals surface area contributed by atoms with Gasteiger partial charge >= 0.3 is 5.97 Å². The molecule has 0 aromatic heterocycles. The van der Waals surface area contributed by atoms with Gasteiger partial charge in [0.05, 0.1) is 0 Å². The molecule has 0 bridgehead atoms. The third-order valence-electron chi connectivity index (χ3n) is 2.47. The zero-order chi connectivity index (χ0) is 11.9. The van der Waals surface area contributed by atoms with E-state index in [1.54, 1.807) is 18.2 Å². The molecular weight excluding hydrogens is 208 g/mol. The average molecular weight is 218 g/mol. The van der Waals surface area contributed by atoms with Gasteiger partial charge in [-0.15, -0.1) is 0 Å². The lowest BCUT2D eigenvalue weighted by Crippen LogP contribution is -1.97. The Morgan fingerprint density at radius 1 is 1.12 bits per heavy atom. The van der Waals surface area contributed by atoms with Crippen LogP contribution < -0.4 is 0 Å². The largest absolute Gasteiger partial charge is 0.507 e. The van der Waals surface area contributed by atoms with Gasteiger partial charge in [0, 0.05) is 10.8 Å². The molecule has 0 atom stereocenters. The van der Waals surface area contributed by atoms with Crippen LogP contribution in [0.3, 0.4) is 0 Å². The van der Waals surface area contributed by atoms with Gasteiger partial charge in [0.1, 0.15) is 17.1 Å². The Bertz CT molecular complexity index is 587. The summed E-state index contributed by atoms with van der Waals surface area (Å²) in [7, 11) is 0. The third-order valence-corrected chi connectivity index (χ3v) is 2.47. The molecule has 0 aliphatic carbocycles. The van der Waals surface area contributed by atoms with E-state index in [9.17, 15) is 15.0 Å². The summed E-state index contributed by atoms with van der Waals surface area (Å²) in [6, 6.07) is 6.11. The molecule has 0 unspecified atom stereocenters. The molecule has 3 N–H and O–H groups in total. The van der Waals surface area contributed by atoms with Crippen molar-refractivity contribution in [2.45, 2.75) is 6.92 Å². The summed E-state index contributed by atoms with van der Waals surface area (Å²) in [6.45, 7) is 1.82. The van der Waals surface area contributed by atoms with Crippen LogP contribution in [0.5, 0.6) is 11.5 Å². The maximum atomic E-state index is 10.8. The number of hydrogen-bond acceptors (Lipinski definition) is 3. The molecule has 0 heterocycles. The van der Waals surface area contributed by atoms with Gasteiger partial charge in [-0.3, -0.25) is 0 Å². The summed E-state index contributed by atoms with van der Waals surface area (Å²) >= 11 is 0. The normalized spacial score (nSPS) is 10.6. The number of aromatic hydroxyl groups is 2. The zero-order valence-corrected chi connectivity index (χ0v) is 8.56. The molecule has 0 aliphatic rings. The van der Waals surface area contributed by atoms with Crippen LogP contribution in [0.1, 0.15) is 15.9 Å². The number of carbonyl (C=O) groups is 1. The standard InChI is InChI=1S/C12H10O4/c1-6-2-3-7-8(4-6)11(14)9(12(15)16)5-10(7)13/h2-5,13-14H,1H3,(H,15,16). The summed E-state index contributed by atoms with van der Waals surface area (Å²) < 4.78 is 0. The van der Waals surface area contributed by atoms with E-state index in [1.165, 1.54) is 0 Å². The second kappa shape index (κ2) is 3.41. The summed E-state index contributed by atoms with van der Waals surface area (Å²) in [5.74, 6) is -1.73. The molecule has 2 rings (SSSR count). The molecule has 0 spiro atoms. The van der Waals surface area contributed by atoms with Crippen molar-refractivity contribution in [3.05, 3.63) is 35.4 Å². The molecule has 0 amide bonds. The van der Waals surface area contributed by atoms with E-state index in [0.29, 0.717) is 10.8 Å². The number of carboxylic acids is 1. The quantitative estimate of drug-likeness (QED) is 0.641. The van der Waals surface area contributed by atoms with Gasteiger partial charge in [0.15, 0.2) is 0 Å². The Kier molecular flexibility index (Phi) is 2.20. The maximum Gasteiger partial charge on any atom is 0.339 e. The zero-order valence-electron chi connectivity index (χ0n) is 8.56. The fraction of sp³-hybridized carbons (Fsp3) is 0.0833. The van der Waals surface area contributed by atoms with Crippen LogP contribution in [0.2, 0.25) is 0 Å². The molecule has 0 saturated carbocycles. The predicted molar refractivity (Wildman–Crippen MR) is 59.0 cm³/mol. The number of aromatic carboxylic acids is 1. The highest BCUT2D eigenvalue weighted by Crippen LogP contribution is 2.35. The van der Waals surface area contributed by atoms with Crippen LogP contribution in [0.4, 0.5) is 0 Å². The van der Waals surface area contributed by atoms with Crippen molar-refractivity contribution in [3.8, 4) is 11.5 Å². The average Bonchev–Trinajstić information content (AvgIpc) is 2.22. The van der Waals surface area contributed by atoms with Crippen LogP contribution in [0.15, 0.2) is 24.3 Å². The summed E-state index contributed by atoms with van der Waals surface area (Å²) in [6.07, 6.45) is 0. The molecule has 82 valence electrons. The lowest BCUT2D eigenvalue weighted by molar-refractivity contribution is 0.0693. The highest BCUT2D eigenvalue weighted by Gasteiger charge is 2.15. The van der Waals surface area contributed by atoms with Crippen molar-refractivity contribution in [2.24, 2.45) is 0 Å². The van der Waals surface area contributed by atoms with Gasteiger partial charge in [-0.05, 0) is 19.1 Å². The van der Waals surface area contributed by atoms with Gasteiger partial charge < -0.3 is 15.3 Å². The number of rotatable bonds is 1. The van der Waals surface area contributed by atoms with E-state index >= 15 is 0 Å². The highest BCUT2D eigenvalue weighted by atomic mass is 16.4. The Morgan fingerprint density at radius 2 is 1.81 bits per heavy atom. The van der Waals surface area contributed by atoms with Crippen molar-refractivity contribution in [2.75, 3.05) is 0 Å². The van der Waals surface area contributed by atoms with Crippen LogP contribution in [0.25, 0.3) is 10.8 Å². The number of phenols is 2. The van der Waals surface area contributed by atoms with E-state index in [4.69, 9.17) is 5.11 Å². The monoisotopic (exact) mass is 218 g/mol. The number of carboxylic acid groups (broad SMARTS) is 1. The minimum absolute atomic E-state index is 0.148. The van der Waals surface area contributed by atoms with Crippen LogP contribution in [-0.4, -0.2) is 21.3 Å². The second-order valence-corrected chi connectivity index (χ2v) is 3.65.